The predicted molar refractivity (Wildman–Crippen MR) is 107 cm³/mol. The summed E-state index contributed by atoms with van der Waals surface area (Å²) in [6, 6.07) is 7.03. The van der Waals surface area contributed by atoms with Crippen molar-refractivity contribution in [3.63, 3.8) is 0 Å². The van der Waals surface area contributed by atoms with Crippen molar-refractivity contribution in [2.24, 2.45) is 0 Å². The predicted octanol–water partition coefficient (Wildman–Crippen LogP) is 6.33. The van der Waals surface area contributed by atoms with Gasteiger partial charge in [0, 0.05) is 0 Å². The van der Waals surface area contributed by atoms with Crippen molar-refractivity contribution in [1.29, 1.82) is 0 Å². The Morgan fingerprint density at radius 3 is 2.00 bits per heavy atom. The van der Waals surface area contributed by atoms with Gasteiger partial charge >= 0.3 is 12.1 Å². The fourth-order valence-electron chi connectivity index (χ4n) is 2.73. The minimum absolute atomic E-state index is 0.254. The van der Waals surface area contributed by atoms with E-state index < -0.39 is 12.1 Å². The summed E-state index contributed by atoms with van der Waals surface area (Å²) in [5, 5.41) is 4.22. The summed E-state index contributed by atoms with van der Waals surface area (Å²) in [6.45, 7) is 4.58. The van der Waals surface area contributed by atoms with Crippen LogP contribution < -0.4 is 0 Å². The van der Waals surface area contributed by atoms with E-state index in [9.17, 15) is 9.59 Å². The highest BCUT2D eigenvalue weighted by atomic mass is 17.5. The molecule has 6 nitrogen and oxygen atoms in total. The van der Waals surface area contributed by atoms with Gasteiger partial charge in [-0.1, -0.05) is 77.3 Å². The van der Waals surface area contributed by atoms with Crippen LogP contribution in [0.25, 0.3) is 0 Å². The van der Waals surface area contributed by atoms with Gasteiger partial charge in [0.15, 0.2) is 0 Å². The van der Waals surface area contributed by atoms with Crippen LogP contribution in [0.3, 0.4) is 0 Å². The Hall–Kier alpha value is -2.08. The maximum Gasteiger partial charge on any atom is 0.543 e. The SMILES string of the molecule is CCCCCCCCCCOC(=O)OOOC(=O)c1ccc(CCCC)cc1. The first-order chi connectivity index (χ1) is 13.7. The highest BCUT2D eigenvalue weighted by molar-refractivity contribution is 5.88. The zero-order chi connectivity index (χ0) is 20.5. The average molecular weight is 395 g/mol. The number of rotatable bonds is 15. The van der Waals surface area contributed by atoms with Crippen molar-refractivity contribution in [1.82, 2.24) is 0 Å². The molecule has 0 N–H and O–H groups in total. The van der Waals surface area contributed by atoms with Crippen LogP contribution >= 0.6 is 0 Å². The molecule has 0 atom stereocenters. The Morgan fingerprint density at radius 2 is 1.36 bits per heavy atom. The van der Waals surface area contributed by atoms with Crippen LogP contribution in [-0.2, 0) is 26.0 Å². The maximum atomic E-state index is 11.8. The van der Waals surface area contributed by atoms with E-state index >= 15 is 0 Å². The zero-order valence-electron chi connectivity index (χ0n) is 17.2. The van der Waals surface area contributed by atoms with Crippen molar-refractivity contribution in [3.05, 3.63) is 35.4 Å². The maximum absolute atomic E-state index is 11.8. The van der Waals surface area contributed by atoms with E-state index in [1.807, 2.05) is 12.1 Å². The molecule has 0 saturated heterocycles. The molecule has 0 aromatic heterocycles. The lowest BCUT2D eigenvalue weighted by atomic mass is 10.1. The van der Waals surface area contributed by atoms with E-state index in [0.29, 0.717) is 5.56 Å². The third kappa shape index (κ3) is 11.6. The van der Waals surface area contributed by atoms with Gasteiger partial charge in [-0.3, -0.25) is 4.89 Å². The van der Waals surface area contributed by atoms with Gasteiger partial charge in [-0.15, -0.1) is 0 Å². The number of carbonyl (C=O) groups is 2. The van der Waals surface area contributed by atoms with Crippen molar-refractivity contribution in [2.75, 3.05) is 6.61 Å². The molecule has 28 heavy (non-hydrogen) atoms. The van der Waals surface area contributed by atoms with E-state index in [4.69, 9.17) is 4.74 Å². The van der Waals surface area contributed by atoms with Crippen LogP contribution in [-0.4, -0.2) is 18.7 Å². The second-order valence-corrected chi connectivity index (χ2v) is 6.90. The second-order valence-electron chi connectivity index (χ2n) is 6.90. The lowest BCUT2D eigenvalue weighted by Gasteiger charge is -2.05. The smallest absolute Gasteiger partial charge is 0.432 e. The fraction of sp³-hybridized carbons (Fsp3) is 0.636. The van der Waals surface area contributed by atoms with Gasteiger partial charge in [-0.2, -0.15) is 0 Å². The van der Waals surface area contributed by atoms with Crippen LogP contribution in [0.5, 0.6) is 0 Å². The Kier molecular flexibility index (Phi) is 13.6. The van der Waals surface area contributed by atoms with Crippen LogP contribution in [0.2, 0.25) is 0 Å². The number of benzene rings is 1. The Morgan fingerprint density at radius 1 is 0.750 bits per heavy atom. The largest absolute Gasteiger partial charge is 0.543 e. The van der Waals surface area contributed by atoms with Gasteiger partial charge in [0.2, 0.25) is 0 Å². The summed E-state index contributed by atoms with van der Waals surface area (Å²) >= 11 is 0. The molecule has 6 heteroatoms. The lowest BCUT2D eigenvalue weighted by Crippen LogP contribution is -2.12. The normalized spacial score (nSPS) is 10.5. The first kappa shape index (κ1) is 24.0. The average Bonchev–Trinajstić information content (AvgIpc) is 2.71. The number of ether oxygens (including phenoxy) is 1. The molecule has 158 valence electrons. The summed E-state index contributed by atoms with van der Waals surface area (Å²) in [6.07, 6.45) is 11.4. The Bertz CT molecular complexity index is 540. The summed E-state index contributed by atoms with van der Waals surface area (Å²) < 4.78 is 4.85. The number of aryl methyl sites for hydroxylation is 1. The summed E-state index contributed by atoms with van der Waals surface area (Å²) in [5.74, 6) is -0.738. The highest BCUT2D eigenvalue weighted by Crippen LogP contribution is 2.10. The monoisotopic (exact) mass is 394 g/mol. The lowest BCUT2D eigenvalue weighted by molar-refractivity contribution is -0.452. The first-order valence-corrected chi connectivity index (χ1v) is 10.5. The molecule has 0 spiro atoms. The molecular weight excluding hydrogens is 360 g/mol. The van der Waals surface area contributed by atoms with E-state index in [1.54, 1.807) is 12.1 Å². The zero-order valence-corrected chi connectivity index (χ0v) is 17.2. The minimum atomic E-state index is -1.02. The molecule has 1 aromatic carbocycles. The summed E-state index contributed by atoms with van der Waals surface area (Å²) in [7, 11) is 0. The molecule has 0 heterocycles. The topological polar surface area (TPSA) is 71.1 Å². The second kappa shape index (κ2) is 15.9. The van der Waals surface area contributed by atoms with E-state index in [1.165, 1.54) is 32.1 Å². The number of hydrogen-bond acceptors (Lipinski definition) is 6. The quantitative estimate of drug-likeness (QED) is 0.150. The summed E-state index contributed by atoms with van der Waals surface area (Å²) in [4.78, 5) is 31.9. The molecule has 0 saturated carbocycles. The van der Waals surface area contributed by atoms with Crippen LogP contribution in [0.15, 0.2) is 24.3 Å². The van der Waals surface area contributed by atoms with E-state index in [0.717, 1.165) is 44.1 Å². The first-order valence-electron chi connectivity index (χ1n) is 10.5. The Labute approximate surface area is 168 Å². The molecule has 0 radical (unpaired) electrons. The molecule has 0 fully saturated rings. The third-order valence-electron chi connectivity index (χ3n) is 4.44. The number of hydrogen-bond donors (Lipinski definition) is 0. The summed E-state index contributed by atoms with van der Waals surface area (Å²) in [5.41, 5.74) is 1.47. The van der Waals surface area contributed by atoms with Crippen LogP contribution in [0.1, 0.15) is 94.0 Å². The fourth-order valence-corrected chi connectivity index (χ4v) is 2.73. The molecule has 0 aliphatic rings. The van der Waals surface area contributed by atoms with Gasteiger partial charge in [0.1, 0.15) is 0 Å². The van der Waals surface area contributed by atoms with Crippen LogP contribution in [0, 0.1) is 0 Å². The van der Waals surface area contributed by atoms with Gasteiger partial charge in [0.25, 0.3) is 0 Å². The van der Waals surface area contributed by atoms with Crippen molar-refractivity contribution < 1.29 is 29.1 Å². The number of unbranched alkanes of at least 4 members (excludes halogenated alkanes) is 8. The molecule has 0 aliphatic heterocycles. The molecule has 0 unspecified atom stereocenters. The molecule has 0 aliphatic carbocycles. The molecular formula is C22H34O6. The van der Waals surface area contributed by atoms with Crippen molar-refractivity contribution >= 4 is 12.1 Å². The molecule has 0 amide bonds. The van der Waals surface area contributed by atoms with Crippen molar-refractivity contribution in [2.45, 2.75) is 84.5 Å². The van der Waals surface area contributed by atoms with Crippen molar-refractivity contribution in [3.8, 4) is 0 Å². The van der Waals surface area contributed by atoms with Gasteiger partial charge in [-0.05, 0) is 37.0 Å². The minimum Gasteiger partial charge on any atom is -0.432 e. The van der Waals surface area contributed by atoms with Crippen LogP contribution in [0.4, 0.5) is 4.79 Å². The van der Waals surface area contributed by atoms with E-state index in [2.05, 4.69) is 28.7 Å². The van der Waals surface area contributed by atoms with E-state index in [-0.39, 0.29) is 6.61 Å². The molecule has 1 aromatic rings. The molecule has 0 bridgehead atoms. The van der Waals surface area contributed by atoms with Gasteiger partial charge in [0.05, 0.1) is 17.2 Å². The Balaban J connectivity index is 2.05. The number of carbonyl (C=O) groups excluding carboxylic acids is 2. The van der Waals surface area contributed by atoms with Gasteiger partial charge in [-0.25, -0.2) is 14.5 Å². The molecule has 1 rings (SSSR count). The standard InChI is InChI=1S/C22H34O6/c1-3-5-7-8-9-10-11-12-18-25-22(24)27-28-26-21(23)20-16-14-19(15-17-20)13-6-4-2/h14-17H,3-13,18H2,1-2H3. The third-order valence-corrected chi connectivity index (χ3v) is 4.44. The highest BCUT2D eigenvalue weighted by Gasteiger charge is 2.12. The van der Waals surface area contributed by atoms with Gasteiger partial charge < -0.3 is 4.74 Å².